The van der Waals surface area contributed by atoms with Crippen molar-refractivity contribution in [3.8, 4) is 5.75 Å². The lowest BCUT2D eigenvalue weighted by Gasteiger charge is -2.22. The number of ether oxygens (including phenoxy) is 1. The van der Waals surface area contributed by atoms with E-state index in [4.69, 9.17) is 22.1 Å². The first kappa shape index (κ1) is 15.7. The van der Waals surface area contributed by atoms with Crippen molar-refractivity contribution >= 4 is 17.3 Å². The van der Waals surface area contributed by atoms with Gasteiger partial charge in [0.05, 0.1) is 17.8 Å². The lowest BCUT2D eigenvalue weighted by Crippen LogP contribution is -2.17. The van der Waals surface area contributed by atoms with Crippen molar-refractivity contribution < 1.29 is 4.74 Å². The molecule has 0 bridgehead atoms. The van der Waals surface area contributed by atoms with E-state index < -0.39 is 0 Å². The summed E-state index contributed by atoms with van der Waals surface area (Å²) in [4.78, 5) is 2.10. The van der Waals surface area contributed by atoms with E-state index >= 15 is 0 Å². The van der Waals surface area contributed by atoms with Crippen LogP contribution in [0, 0.1) is 0 Å². The Hall–Kier alpha value is -1.71. The van der Waals surface area contributed by atoms with Crippen molar-refractivity contribution in [1.29, 1.82) is 0 Å². The smallest absolute Gasteiger partial charge is 0.123 e. The Morgan fingerprint density at radius 2 is 1.95 bits per heavy atom. The Balaban J connectivity index is 2.22. The molecule has 0 aliphatic carbocycles. The highest BCUT2D eigenvalue weighted by Gasteiger charge is 2.11. The minimum absolute atomic E-state index is 0.0175. The maximum absolute atomic E-state index is 6.38. The SMILES string of the molecule is COc1ccccc1CN(C)c1ccc([C@H](C)N)cc1Cl. The summed E-state index contributed by atoms with van der Waals surface area (Å²) in [5.41, 5.74) is 9.02. The maximum atomic E-state index is 6.38. The number of rotatable bonds is 5. The molecule has 0 amide bonds. The number of halogens is 1. The maximum Gasteiger partial charge on any atom is 0.123 e. The van der Waals surface area contributed by atoms with Crippen LogP contribution in [-0.4, -0.2) is 14.2 Å². The van der Waals surface area contributed by atoms with Gasteiger partial charge in [-0.2, -0.15) is 0 Å². The van der Waals surface area contributed by atoms with Crippen LogP contribution in [0.25, 0.3) is 0 Å². The van der Waals surface area contributed by atoms with Gasteiger partial charge in [-0.15, -0.1) is 0 Å². The standard InChI is InChI=1S/C17H21ClN2O/c1-12(19)13-8-9-16(15(18)10-13)20(2)11-14-6-4-5-7-17(14)21-3/h4-10,12H,11,19H2,1-3H3/t12-/m0/s1. The number of benzene rings is 2. The summed E-state index contributed by atoms with van der Waals surface area (Å²) in [5.74, 6) is 0.882. The van der Waals surface area contributed by atoms with Crippen molar-refractivity contribution in [2.75, 3.05) is 19.1 Å². The molecule has 2 rings (SSSR count). The van der Waals surface area contributed by atoms with Crippen LogP contribution in [0.5, 0.6) is 5.75 Å². The number of hydrogen-bond donors (Lipinski definition) is 1. The van der Waals surface area contributed by atoms with E-state index in [1.165, 1.54) is 0 Å². The summed E-state index contributed by atoms with van der Waals surface area (Å²) in [6.07, 6.45) is 0. The molecule has 2 aromatic carbocycles. The quantitative estimate of drug-likeness (QED) is 0.907. The molecule has 4 heteroatoms. The van der Waals surface area contributed by atoms with Crippen LogP contribution in [0.1, 0.15) is 24.1 Å². The van der Waals surface area contributed by atoms with E-state index in [0.29, 0.717) is 5.02 Å². The van der Waals surface area contributed by atoms with Crippen LogP contribution in [0.4, 0.5) is 5.69 Å². The number of para-hydroxylation sites is 1. The van der Waals surface area contributed by atoms with Crippen molar-refractivity contribution in [3.63, 3.8) is 0 Å². The van der Waals surface area contributed by atoms with E-state index in [-0.39, 0.29) is 6.04 Å². The second-order valence-electron chi connectivity index (χ2n) is 5.17. The molecule has 0 aromatic heterocycles. The minimum atomic E-state index is -0.0175. The zero-order valence-electron chi connectivity index (χ0n) is 12.6. The molecule has 0 radical (unpaired) electrons. The molecule has 1 atom stereocenters. The summed E-state index contributed by atoms with van der Waals surface area (Å²) >= 11 is 6.38. The summed E-state index contributed by atoms with van der Waals surface area (Å²) in [7, 11) is 3.70. The third-order valence-electron chi connectivity index (χ3n) is 3.51. The molecule has 21 heavy (non-hydrogen) atoms. The van der Waals surface area contributed by atoms with Crippen LogP contribution in [-0.2, 0) is 6.54 Å². The molecule has 0 aliphatic heterocycles. The molecule has 0 saturated carbocycles. The van der Waals surface area contributed by atoms with E-state index in [2.05, 4.69) is 11.0 Å². The Morgan fingerprint density at radius 3 is 2.57 bits per heavy atom. The van der Waals surface area contributed by atoms with Crippen molar-refractivity contribution in [3.05, 3.63) is 58.6 Å². The van der Waals surface area contributed by atoms with E-state index in [0.717, 1.165) is 29.1 Å². The van der Waals surface area contributed by atoms with Crippen LogP contribution in [0.15, 0.2) is 42.5 Å². The molecule has 0 heterocycles. The van der Waals surface area contributed by atoms with Crippen LogP contribution >= 0.6 is 11.6 Å². The van der Waals surface area contributed by atoms with Gasteiger partial charge in [0.2, 0.25) is 0 Å². The number of nitrogens with two attached hydrogens (primary N) is 1. The van der Waals surface area contributed by atoms with Gasteiger partial charge in [-0.1, -0.05) is 35.9 Å². The number of anilines is 1. The van der Waals surface area contributed by atoms with Crippen molar-refractivity contribution in [2.45, 2.75) is 19.5 Å². The molecule has 2 aromatic rings. The van der Waals surface area contributed by atoms with Gasteiger partial charge < -0.3 is 15.4 Å². The first-order valence-electron chi connectivity index (χ1n) is 6.91. The normalized spacial score (nSPS) is 12.0. The third kappa shape index (κ3) is 3.69. The molecule has 3 nitrogen and oxygen atoms in total. The van der Waals surface area contributed by atoms with E-state index in [1.807, 2.05) is 50.4 Å². The first-order valence-corrected chi connectivity index (χ1v) is 7.28. The highest BCUT2D eigenvalue weighted by atomic mass is 35.5. The highest BCUT2D eigenvalue weighted by Crippen LogP contribution is 2.30. The molecular weight excluding hydrogens is 284 g/mol. The fourth-order valence-electron chi connectivity index (χ4n) is 2.29. The Morgan fingerprint density at radius 1 is 1.24 bits per heavy atom. The fourth-order valence-corrected chi connectivity index (χ4v) is 2.62. The Labute approximate surface area is 131 Å². The van der Waals surface area contributed by atoms with Crippen LogP contribution in [0.3, 0.4) is 0 Å². The lowest BCUT2D eigenvalue weighted by atomic mass is 10.1. The van der Waals surface area contributed by atoms with Gasteiger partial charge in [0, 0.05) is 25.2 Å². The van der Waals surface area contributed by atoms with Gasteiger partial charge in [-0.25, -0.2) is 0 Å². The number of methoxy groups -OCH3 is 1. The minimum Gasteiger partial charge on any atom is -0.496 e. The monoisotopic (exact) mass is 304 g/mol. The van der Waals surface area contributed by atoms with Gasteiger partial charge in [0.1, 0.15) is 5.75 Å². The summed E-state index contributed by atoms with van der Waals surface area (Å²) < 4.78 is 5.39. The highest BCUT2D eigenvalue weighted by molar-refractivity contribution is 6.33. The second kappa shape index (κ2) is 6.83. The van der Waals surface area contributed by atoms with E-state index in [9.17, 15) is 0 Å². The predicted octanol–water partition coefficient (Wildman–Crippen LogP) is 4.00. The van der Waals surface area contributed by atoms with Gasteiger partial charge in [-0.05, 0) is 30.7 Å². The molecule has 2 N–H and O–H groups in total. The van der Waals surface area contributed by atoms with Gasteiger partial charge in [0.25, 0.3) is 0 Å². The lowest BCUT2D eigenvalue weighted by molar-refractivity contribution is 0.409. The van der Waals surface area contributed by atoms with Crippen molar-refractivity contribution in [2.24, 2.45) is 5.73 Å². The number of nitrogens with zero attached hydrogens (tertiary/aromatic N) is 1. The average molecular weight is 305 g/mol. The molecule has 0 fully saturated rings. The van der Waals surface area contributed by atoms with Gasteiger partial charge >= 0.3 is 0 Å². The molecular formula is C17H21ClN2O. The zero-order chi connectivity index (χ0) is 15.4. The summed E-state index contributed by atoms with van der Waals surface area (Å²) in [5, 5.41) is 0.710. The molecule has 0 spiro atoms. The Bertz CT molecular complexity index is 613. The van der Waals surface area contributed by atoms with Crippen molar-refractivity contribution in [1.82, 2.24) is 0 Å². The Kier molecular flexibility index (Phi) is 5.10. The second-order valence-corrected chi connectivity index (χ2v) is 5.57. The summed E-state index contributed by atoms with van der Waals surface area (Å²) in [6, 6.07) is 13.9. The largest absolute Gasteiger partial charge is 0.496 e. The first-order chi connectivity index (χ1) is 10.0. The number of hydrogen-bond acceptors (Lipinski definition) is 3. The van der Waals surface area contributed by atoms with Gasteiger partial charge in [0.15, 0.2) is 0 Å². The third-order valence-corrected chi connectivity index (χ3v) is 3.81. The molecule has 0 aliphatic rings. The van der Waals surface area contributed by atoms with Gasteiger partial charge in [-0.3, -0.25) is 0 Å². The van der Waals surface area contributed by atoms with Crippen LogP contribution < -0.4 is 15.4 Å². The van der Waals surface area contributed by atoms with E-state index in [1.54, 1.807) is 7.11 Å². The topological polar surface area (TPSA) is 38.5 Å². The fraction of sp³-hybridized carbons (Fsp3) is 0.294. The van der Waals surface area contributed by atoms with Crippen LogP contribution in [0.2, 0.25) is 5.02 Å². The predicted molar refractivity (Wildman–Crippen MR) is 89.2 cm³/mol. The molecule has 0 saturated heterocycles. The molecule has 0 unspecified atom stereocenters. The summed E-state index contributed by atoms with van der Waals surface area (Å²) in [6.45, 7) is 2.67. The average Bonchev–Trinajstić information content (AvgIpc) is 2.47. The molecule has 112 valence electrons. The zero-order valence-corrected chi connectivity index (χ0v) is 13.4.